The third-order valence-electron chi connectivity index (χ3n) is 5.88. The topological polar surface area (TPSA) is 90.3 Å². The minimum Gasteiger partial charge on any atom is -0.489 e. The number of aliphatic carboxylic acids is 2. The lowest BCUT2D eigenvalue weighted by Gasteiger charge is -2.44. The van der Waals surface area contributed by atoms with E-state index in [9.17, 15) is 9.59 Å². The summed E-state index contributed by atoms with van der Waals surface area (Å²) in [6.07, 6.45) is 4.04. The van der Waals surface area contributed by atoms with E-state index in [0.717, 1.165) is 18.2 Å². The fourth-order valence-corrected chi connectivity index (χ4v) is 5.49. The van der Waals surface area contributed by atoms with E-state index in [1.54, 1.807) is 22.7 Å². The predicted octanol–water partition coefficient (Wildman–Crippen LogP) is 5.46. The van der Waals surface area contributed by atoms with Crippen molar-refractivity contribution in [2.24, 2.45) is 5.92 Å². The molecule has 178 valence electrons. The Morgan fingerprint density at radius 2 is 1.44 bits per heavy atom. The Morgan fingerprint density at radius 1 is 0.882 bits per heavy atom. The van der Waals surface area contributed by atoms with Crippen molar-refractivity contribution in [2.45, 2.75) is 18.9 Å². The van der Waals surface area contributed by atoms with Crippen LogP contribution in [0, 0.1) is 5.92 Å². The van der Waals surface area contributed by atoms with Crippen molar-refractivity contribution in [3.8, 4) is 5.75 Å². The number of carboxylic acid groups (broad SMARTS) is 2. The van der Waals surface area contributed by atoms with E-state index in [1.807, 2.05) is 0 Å². The highest BCUT2D eigenvalue weighted by molar-refractivity contribution is 7.08. The van der Waals surface area contributed by atoms with Crippen molar-refractivity contribution in [2.75, 3.05) is 24.5 Å². The average Bonchev–Trinajstić information content (AvgIpc) is 3.56. The minimum atomic E-state index is -1.26. The maximum atomic E-state index is 9.55. The Balaban J connectivity index is 0.000000297. The van der Waals surface area contributed by atoms with Crippen LogP contribution in [0.25, 0.3) is 0 Å². The summed E-state index contributed by atoms with van der Waals surface area (Å²) in [6.45, 7) is 3.59. The fraction of sp³-hybridized carbons (Fsp3) is 0.280. The molecule has 0 radical (unpaired) electrons. The number of ether oxygens (including phenoxy) is 1. The van der Waals surface area contributed by atoms with E-state index >= 15 is 0 Å². The molecule has 0 amide bonds. The molecule has 2 aromatic heterocycles. The van der Waals surface area contributed by atoms with Crippen molar-refractivity contribution in [3.63, 3.8) is 0 Å². The normalized spacial score (nSPS) is 21.0. The molecule has 7 nitrogen and oxygen atoms in total. The molecule has 34 heavy (non-hydrogen) atoms. The zero-order valence-corrected chi connectivity index (χ0v) is 20.1. The van der Waals surface area contributed by atoms with Crippen LogP contribution in [-0.4, -0.2) is 52.8 Å². The second kappa shape index (κ2) is 11.3. The molecular weight excluding hydrogens is 472 g/mol. The maximum absolute atomic E-state index is 9.55. The molecular formula is C25H26N2O5S2. The van der Waals surface area contributed by atoms with Crippen LogP contribution in [0.2, 0.25) is 0 Å². The van der Waals surface area contributed by atoms with Gasteiger partial charge in [0.15, 0.2) is 0 Å². The summed E-state index contributed by atoms with van der Waals surface area (Å²) < 4.78 is 6.35. The molecule has 6 rings (SSSR count). The van der Waals surface area contributed by atoms with Crippen LogP contribution in [0.1, 0.15) is 12.8 Å². The van der Waals surface area contributed by atoms with Crippen molar-refractivity contribution in [1.82, 2.24) is 4.90 Å². The van der Waals surface area contributed by atoms with E-state index in [2.05, 4.69) is 67.7 Å². The second-order valence-corrected chi connectivity index (χ2v) is 9.66. The second-order valence-electron chi connectivity index (χ2n) is 8.10. The average molecular weight is 499 g/mol. The molecule has 1 unspecified atom stereocenters. The van der Waals surface area contributed by atoms with Gasteiger partial charge in [0, 0.05) is 35.1 Å². The number of fused-ring (bicyclic) bond motifs is 3. The van der Waals surface area contributed by atoms with Crippen LogP contribution in [0.5, 0.6) is 5.75 Å². The molecule has 0 saturated carbocycles. The van der Waals surface area contributed by atoms with Crippen LogP contribution < -0.4 is 9.64 Å². The zero-order valence-electron chi connectivity index (χ0n) is 18.4. The number of anilines is 3. The van der Waals surface area contributed by atoms with Crippen LogP contribution >= 0.6 is 22.7 Å². The number of carbonyl (C=O) groups is 2. The third kappa shape index (κ3) is 6.25. The van der Waals surface area contributed by atoms with E-state index in [1.165, 1.54) is 43.0 Å². The van der Waals surface area contributed by atoms with Gasteiger partial charge in [0.05, 0.1) is 11.4 Å². The van der Waals surface area contributed by atoms with Crippen LogP contribution in [-0.2, 0) is 9.59 Å². The first-order valence-corrected chi connectivity index (χ1v) is 12.9. The van der Waals surface area contributed by atoms with Crippen LogP contribution in [0.3, 0.4) is 0 Å². The number of carboxylic acids is 2. The molecule has 2 bridgehead atoms. The molecule has 3 aromatic rings. The van der Waals surface area contributed by atoms with Crippen molar-refractivity contribution in [3.05, 3.63) is 70.1 Å². The summed E-state index contributed by atoms with van der Waals surface area (Å²) in [5.74, 6) is -0.796. The summed E-state index contributed by atoms with van der Waals surface area (Å²) >= 11 is 3.45. The van der Waals surface area contributed by atoms with Gasteiger partial charge in [0.2, 0.25) is 0 Å². The first-order valence-electron chi connectivity index (χ1n) is 11.0. The minimum absolute atomic E-state index is 0.355. The summed E-state index contributed by atoms with van der Waals surface area (Å²) in [5, 5.41) is 24.3. The van der Waals surface area contributed by atoms with Gasteiger partial charge in [-0.2, -0.15) is 22.7 Å². The Bertz CT molecular complexity index is 1040. The Hall–Kier alpha value is -3.14. The summed E-state index contributed by atoms with van der Waals surface area (Å²) in [4.78, 5) is 23.9. The van der Waals surface area contributed by atoms with Crippen LogP contribution in [0.4, 0.5) is 17.1 Å². The van der Waals surface area contributed by atoms with Gasteiger partial charge in [-0.1, -0.05) is 0 Å². The maximum Gasteiger partial charge on any atom is 0.328 e. The molecule has 3 fully saturated rings. The molecule has 1 aromatic carbocycles. The number of benzene rings is 1. The monoisotopic (exact) mass is 498 g/mol. The molecule has 5 heterocycles. The summed E-state index contributed by atoms with van der Waals surface area (Å²) in [5.41, 5.74) is 3.59. The Morgan fingerprint density at radius 3 is 1.85 bits per heavy atom. The molecule has 9 heteroatoms. The first kappa shape index (κ1) is 24.0. The SMILES string of the molecule is O=C(O)/C=C/C(=O)O.c1cc(N(c2ccc(OC3CN4CCC3CC4)cc2)c2ccsc2)cs1. The third-order valence-corrected chi connectivity index (χ3v) is 7.22. The zero-order chi connectivity index (χ0) is 23.9. The summed E-state index contributed by atoms with van der Waals surface area (Å²) in [7, 11) is 0. The largest absolute Gasteiger partial charge is 0.489 e. The molecule has 3 saturated heterocycles. The number of nitrogens with zero attached hydrogens (tertiary/aromatic N) is 2. The molecule has 0 spiro atoms. The Kier molecular flexibility index (Phi) is 7.99. The number of rotatable bonds is 7. The number of thiophene rings is 2. The molecule has 0 aliphatic carbocycles. The van der Waals surface area contributed by atoms with Gasteiger partial charge in [-0.25, -0.2) is 9.59 Å². The van der Waals surface area contributed by atoms with Crippen molar-refractivity contribution < 1.29 is 24.5 Å². The van der Waals surface area contributed by atoms with Gasteiger partial charge in [-0.05, 0) is 79.0 Å². The lowest BCUT2D eigenvalue weighted by Crippen LogP contribution is -2.52. The van der Waals surface area contributed by atoms with E-state index < -0.39 is 11.9 Å². The van der Waals surface area contributed by atoms with E-state index in [4.69, 9.17) is 14.9 Å². The Labute approximate surface area is 206 Å². The van der Waals surface area contributed by atoms with Crippen molar-refractivity contribution >= 4 is 51.7 Å². The smallest absolute Gasteiger partial charge is 0.328 e. The van der Waals surface area contributed by atoms with Crippen LogP contribution in [0.15, 0.2) is 70.1 Å². The molecule has 2 N–H and O–H groups in total. The first-order chi connectivity index (χ1) is 16.5. The number of piperidine rings is 3. The summed E-state index contributed by atoms with van der Waals surface area (Å²) in [6, 6.07) is 12.9. The van der Waals surface area contributed by atoms with Gasteiger partial charge in [-0.3, -0.25) is 4.90 Å². The highest BCUT2D eigenvalue weighted by Gasteiger charge is 2.35. The number of hydrogen-bond donors (Lipinski definition) is 2. The van der Waals surface area contributed by atoms with Gasteiger partial charge in [0.25, 0.3) is 0 Å². The lowest BCUT2D eigenvalue weighted by molar-refractivity contribution is -0.134. The lowest BCUT2D eigenvalue weighted by atomic mass is 9.86. The standard InChI is InChI=1S/C21H22N2OS2.C4H4O4/c1-3-20(24-21-13-22-9-5-16(21)6-10-22)4-2-17(1)23(18-7-11-25-14-18)19-8-12-26-15-19;5-3(6)1-2-4(7)8/h1-4,7-8,11-12,14-16,21H,5-6,9-10,13H2;1-2H,(H,5,6)(H,7,8)/b;2-1+. The molecule has 3 aliphatic rings. The van der Waals surface area contributed by atoms with Gasteiger partial charge >= 0.3 is 11.9 Å². The van der Waals surface area contributed by atoms with Gasteiger partial charge < -0.3 is 19.8 Å². The predicted molar refractivity (Wildman–Crippen MR) is 135 cm³/mol. The fourth-order valence-electron chi connectivity index (χ4n) is 4.25. The van der Waals surface area contributed by atoms with Gasteiger partial charge in [0.1, 0.15) is 11.9 Å². The number of hydrogen-bond acceptors (Lipinski definition) is 7. The van der Waals surface area contributed by atoms with Crippen molar-refractivity contribution in [1.29, 1.82) is 0 Å². The highest BCUT2D eigenvalue weighted by atomic mass is 32.1. The van der Waals surface area contributed by atoms with Gasteiger partial charge in [-0.15, -0.1) is 0 Å². The highest BCUT2D eigenvalue weighted by Crippen LogP contribution is 2.38. The van der Waals surface area contributed by atoms with E-state index in [-0.39, 0.29) is 0 Å². The molecule has 3 aliphatic heterocycles. The van der Waals surface area contributed by atoms with E-state index in [0.29, 0.717) is 18.3 Å². The molecule has 1 atom stereocenters. The quantitative estimate of drug-likeness (QED) is 0.418.